The van der Waals surface area contributed by atoms with Crippen molar-refractivity contribution in [2.75, 3.05) is 0 Å². The lowest BCUT2D eigenvalue weighted by Gasteiger charge is -2.15. The molecule has 0 bridgehead atoms. The summed E-state index contributed by atoms with van der Waals surface area (Å²) in [6.07, 6.45) is 0.428. The van der Waals surface area contributed by atoms with Gasteiger partial charge in [-0.3, -0.25) is 0 Å². The van der Waals surface area contributed by atoms with E-state index in [9.17, 15) is 8.78 Å². The monoisotopic (exact) mass is 184 g/mol. The fourth-order valence-corrected chi connectivity index (χ4v) is 1.26. The Morgan fingerprint density at radius 1 is 1.15 bits per heavy atom. The molecule has 0 aliphatic heterocycles. The number of benzene rings is 1. The molecule has 0 saturated carbocycles. The Kier molecular flexibility index (Phi) is 3.02. The predicted molar refractivity (Wildman–Crippen MR) is 50.0 cm³/mol. The van der Waals surface area contributed by atoms with Crippen molar-refractivity contribution in [3.05, 3.63) is 35.4 Å². The summed E-state index contributed by atoms with van der Waals surface area (Å²) in [5.41, 5.74) is 1.14. The highest BCUT2D eigenvalue weighted by molar-refractivity contribution is 5.24. The van der Waals surface area contributed by atoms with Crippen molar-refractivity contribution in [3.63, 3.8) is 0 Å². The molecule has 0 unspecified atom stereocenters. The maximum absolute atomic E-state index is 13.3. The predicted octanol–water partition coefficient (Wildman–Crippen LogP) is 3.89. The molecule has 0 aromatic heterocycles. The molecule has 1 rings (SSSR count). The highest BCUT2D eigenvalue weighted by atomic mass is 19.3. The molecule has 0 heterocycles. The van der Waals surface area contributed by atoms with E-state index in [-0.39, 0.29) is 12.0 Å². The Balaban J connectivity index is 2.87. The van der Waals surface area contributed by atoms with Crippen LogP contribution in [0.1, 0.15) is 30.9 Å². The normalized spacial score (nSPS) is 11.7. The van der Waals surface area contributed by atoms with Gasteiger partial charge in [0.25, 0.3) is 5.92 Å². The minimum absolute atomic E-state index is 0.0734. The Labute approximate surface area is 77.6 Å². The first-order valence-corrected chi connectivity index (χ1v) is 4.51. The number of hydrogen-bond acceptors (Lipinski definition) is 0. The first kappa shape index (κ1) is 10.2. The van der Waals surface area contributed by atoms with E-state index >= 15 is 0 Å². The second-order valence-electron chi connectivity index (χ2n) is 3.32. The Morgan fingerprint density at radius 3 is 2.15 bits per heavy atom. The number of alkyl halides is 2. The summed E-state index contributed by atoms with van der Waals surface area (Å²) >= 11 is 0. The molecular weight excluding hydrogens is 170 g/mol. The topological polar surface area (TPSA) is 0 Å². The molecule has 0 spiro atoms. The quantitative estimate of drug-likeness (QED) is 0.668. The van der Waals surface area contributed by atoms with Gasteiger partial charge in [-0.2, -0.15) is 0 Å². The Bertz CT molecular complexity index is 262. The van der Waals surface area contributed by atoms with Crippen LogP contribution in [-0.2, 0) is 5.92 Å². The van der Waals surface area contributed by atoms with Crippen LogP contribution in [0.2, 0.25) is 0 Å². The molecule has 0 radical (unpaired) electrons. The van der Waals surface area contributed by atoms with E-state index in [4.69, 9.17) is 0 Å². The van der Waals surface area contributed by atoms with Crippen molar-refractivity contribution in [1.82, 2.24) is 0 Å². The van der Waals surface area contributed by atoms with Crippen molar-refractivity contribution in [2.24, 2.45) is 0 Å². The van der Waals surface area contributed by atoms with Crippen LogP contribution in [-0.4, -0.2) is 0 Å². The van der Waals surface area contributed by atoms with Crippen LogP contribution in [0, 0.1) is 6.92 Å². The lowest BCUT2D eigenvalue weighted by molar-refractivity contribution is -0.0140. The third-order valence-electron chi connectivity index (χ3n) is 2.04. The molecule has 0 aliphatic rings. The zero-order valence-corrected chi connectivity index (χ0v) is 7.98. The van der Waals surface area contributed by atoms with Gasteiger partial charge in [-0.05, 0) is 6.92 Å². The SMILES string of the molecule is CCCC(F)(F)c1ccc(C)cc1. The van der Waals surface area contributed by atoms with E-state index < -0.39 is 5.92 Å². The minimum atomic E-state index is -2.66. The van der Waals surface area contributed by atoms with Gasteiger partial charge in [0, 0.05) is 12.0 Å². The summed E-state index contributed by atoms with van der Waals surface area (Å²) in [7, 11) is 0. The third kappa shape index (κ3) is 2.51. The van der Waals surface area contributed by atoms with E-state index in [0.29, 0.717) is 6.42 Å². The molecule has 0 atom stereocenters. The molecule has 2 heteroatoms. The molecule has 0 saturated heterocycles. The number of halogens is 2. The van der Waals surface area contributed by atoms with E-state index in [0.717, 1.165) is 5.56 Å². The summed E-state index contributed by atoms with van der Waals surface area (Å²) in [5, 5.41) is 0. The summed E-state index contributed by atoms with van der Waals surface area (Å²) in [5.74, 6) is -2.66. The highest BCUT2D eigenvalue weighted by Gasteiger charge is 2.29. The standard InChI is InChI=1S/C11H14F2/c1-3-8-11(12,13)10-6-4-9(2)5-7-10/h4-7H,3,8H2,1-2H3. The third-order valence-corrected chi connectivity index (χ3v) is 2.04. The van der Waals surface area contributed by atoms with Crippen LogP contribution < -0.4 is 0 Å². The van der Waals surface area contributed by atoms with Gasteiger partial charge in [-0.1, -0.05) is 43.2 Å². The van der Waals surface area contributed by atoms with Gasteiger partial charge >= 0.3 is 0 Å². The maximum atomic E-state index is 13.3. The molecule has 0 N–H and O–H groups in total. The van der Waals surface area contributed by atoms with Crippen LogP contribution in [0.4, 0.5) is 8.78 Å². The molecule has 13 heavy (non-hydrogen) atoms. The Hall–Kier alpha value is -0.920. The van der Waals surface area contributed by atoms with Crippen LogP contribution >= 0.6 is 0 Å². The van der Waals surface area contributed by atoms with Crippen molar-refractivity contribution in [1.29, 1.82) is 0 Å². The van der Waals surface area contributed by atoms with Crippen LogP contribution in [0.5, 0.6) is 0 Å². The summed E-state index contributed by atoms with van der Waals surface area (Å²) < 4.78 is 26.6. The average Bonchev–Trinajstić information content (AvgIpc) is 2.05. The van der Waals surface area contributed by atoms with E-state index in [1.807, 2.05) is 6.92 Å². The van der Waals surface area contributed by atoms with Gasteiger partial charge in [-0.25, -0.2) is 8.78 Å². The van der Waals surface area contributed by atoms with Gasteiger partial charge in [0.05, 0.1) is 0 Å². The van der Waals surface area contributed by atoms with Gasteiger partial charge < -0.3 is 0 Å². The first-order chi connectivity index (χ1) is 6.06. The molecule has 1 aromatic carbocycles. The smallest absolute Gasteiger partial charge is 0.201 e. The average molecular weight is 184 g/mol. The van der Waals surface area contributed by atoms with Crippen LogP contribution in [0.15, 0.2) is 24.3 Å². The molecule has 0 amide bonds. The lowest BCUT2D eigenvalue weighted by Crippen LogP contribution is -2.12. The number of hydrogen-bond donors (Lipinski definition) is 0. The minimum Gasteiger partial charge on any atom is -0.201 e. The molecular formula is C11H14F2. The lowest BCUT2D eigenvalue weighted by atomic mass is 10.0. The van der Waals surface area contributed by atoms with Crippen molar-refractivity contribution in [3.8, 4) is 0 Å². The summed E-state index contributed by atoms with van der Waals surface area (Å²) in [6.45, 7) is 3.66. The molecule has 0 fully saturated rings. The van der Waals surface area contributed by atoms with Gasteiger partial charge in [0.1, 0.15) is 0 Å². The fourth-order valence-electron chi connectivity index (χ4n) is 1.26. The number of rotatable bonds is 3. The summed E-state index contributed by atoms with van der Waals surface area (Å²) in [6, 6.07) is 6.45. The zero-order valence-electron chi connectivity index (χ0n) is 7.98. The van der Waals surface area contributed by atoms with Gasteiger partial charge in [0.15, 0.2) is 0 Å². The van der Waals surface area contributed by atoms with E-state index in [2.05, 4.69) is 0 Å². The van der Waals surface area contributed by atoms with Crippen molar-refractivity contribution >= 4 is 0 Å². The van der Waals surface area contributed by atoms with Crippen LogP contribution in [0.25, 0.3) is 0 Å². The second-order valence-corrected chi connectivity index (χ2v) is 3.32. The highest BCUT2D eigenvalue weighted by Crippen LogP contribution is 2.32. The fraction of sp³-hybridized carbons (Fsp3) is 0.455. The largest absolute Gasteiger partial charge is 0.273 e. The first-order valence-electron chi connectivity index (χ1n) is 4.51. The molecule has 1 aromatic rings. The molecule has 72 valence electrons. The zero-order chi connectivity index (χ0) is 9.90. The Morgan fingerprint density at radius 2 is 1.69 bits per heavy atom. The van der Waals surface area contributed by atoms with Gasteiger partial charge in [-0.15, -0.1) is 0 Å². The van der Waals surface area contributed by atoms with E-state index in [1.165, 1.54) is 12.1 Å². The van der Waals surface area contributed by atoms with E-state index in [1.54, 1.807) is 19.1 Å². The second kappa shape index (κ2) is 3.86. The number of aryl methyl sites for hydroxylation is 1. The summed E-state index contributed by atoms with van der Waals surface area (Å²) in [4.78, 5) is 0. The van der Waals surface area contributed by atoms with Crippen molar-refractivity contribution in [2.45, 2.75) is 32.6 Å². The van der Waals surface area contributed by atoms with Gasteiger partial charge in [0.2, 0.25) is 0 Å². The molecule has 0 aliphatic carbocycles. The van der Waals surface area contributed by atoms with Crippen molar-refractivity contribution < 1.29 is 8.78 Å². The maximum Gasteiger partial charge on any atom is 0.273 e. The molecule has 0 nitrogen and oxygen atoms in total. The van der Waals surface area contributed by atoms with Crippen LogP contribution in [0.3, 0.4) is 0 Å².